The highest BCUT2D eigenvalue weighted by molar-refractivity contribution is 7.40. The smallest absolute Gasteiger partial charge is 0.359 e. The van der Waals surface area contributed by atoms with Crippen molar-refractivity contribution in [3.05, 3.63) is 0 Å². The standard InChI is InChI=1S/C8H20NO5P/c1-4-5-9(2,3)6-8(10)7-13-15(12)14-11/h8,10,12H,4-7H2,1-3H3/p+1. The third kappa shape index (κ3) is 8.04. The van der Waals surface area contributed by atoms with E-state index in [2.05, 4.69) is 16.1 Å². The van der Waals surface area contributed by atoms with Crippen LogP contribution in [0.5, 0.6) is 0 Å². The van der Waals surface area contributed by atoms with Crippen LogP contribution in [-0.4, -0.2) is 59.6 Å². The van der Waals surface area contributed by atoms with Crippen LogP contribution in [-0.2, 0) is 9.20 Å². The van der Waals surface area contributed by atoms with E-state index < -0.39 is 14.7 Å². The summed E-state index contributed by atoms with van der Waals surface area (Å²) < 4.78 is 8.91. The molecule has 0 aromatic rings. The minimum absolute atomic E-state index is 0.0475. The van der Waals surface area contributed by atoms with Crippen molar-refractivity contribution in [1.82, 2.24) is 0 Å². The highest BCUT2D eigenvalue weighted by atomic mass is 31.2. The van der Waals surface area contributed by atoms with Gasteiger partial charge in [0.05, 0.1) is 27.2 Å². The second-order valence-corrected chi connectivity index (χ2v) is 5.01. The van der Waals surface area contributed by atoms with Crippen molar-refractivity contribution in [2.75, 3.05) is 33.8 Å². The van der Waals surface area contributed by atoms with Gasteiger partial charge in [-0.15, -0.1) is 0 Å². The van der Waals surface area contributed by atoms with Gasteiger partial charge < -0.3 is 19.0 Å². The van der Waals surface area contributed by atoms with E-state index in [4.69, 9.17) is 10.2 Å². The summed E-state index contributed by atoms with van der Waals surface area (Å²) in [6, 6.07) is 0. The summed E-state index contributed by atoms with van der Waals surface area (Å²) in [6.07, 6.45) is 0.353. The summed E-state index contributed by atoms with van der Waals surface area (Å²) in [7, 11) is 1.75. The van der Waals surface area contributed by atoms with E-state index in [1.807, 2.05) is 14.1 Å². The van der Waals surface area contributed by atoms with Crippen molar-refractivity contribution in [2.45, 2.75) is 19.4 Å². The van der Waals surface area contributed by atoms with E-state index in [1.54, 1.807) is 0 Å². The number of aliphatic hydroxyl groups excluding tert-OH is 1. The molecular formula is C8H21NO5P+. The maximum Gasteiger partial charge on any atom is 0.359 e. The topological polar surface area (TPSA) is 79.2 Å². The van der Waals surface area contributed by atoms with Crippen molar-refractivity contribution in [3.8, 4) is 0 Å². The van der Waals surface area contributed by atoms with Gasteiger partial charge in [-0.1, -0.05) is 6.92 Å². The van der Waals surface area contributed by atoms with Gasteiger partial charge >= 0.3 is 8.60 Å². The number of aliphatic hydroxyl groups is 1. The molecule has 6 nitrogen and oxygen atoms in total. The third-order valence-electron chi connectivity index (χ3n) is 1.98. The predicted molar refractivity (Wildman–Crippen MR) is 56.9 cm³/mol. The van der Waals surface area contributed by atoms with Gasteiger partial charge in [0.15, 0.2) is 0 Å². The van der Waals surface area contributed by atoms with E-state index in [0.717, 1.165) is 13.0 Å². The molecule has 3 N–H and O–H groups in total. The minimum atomic E-state index is -2.27. The summed E-state index contributed by atoms with van der Waals surface area (Å²) in [4.78, 5) is 8.76. The monoisotopic (exact) mass is 242 g/mol. The largest absolute Gasteiger partial charge is 0.385 e. The zero-order valence-corrected chi connectivity index (χ0v) is 10.4. The molecule has 0 heterocycles. The number of quaternary nitrogens is 1. The Morgan fingerprint density at radius 3 is 2.47 bits per heavy atom. The fraction of sp³-hybridized carbons (Fsp3) is 1.00. The molecule has 15 heavy (non-hydrogen) atoms. The van der Waals surface area contributed by atoms with E-state index in [0.29, 0.717) is 11.0 Å². The lowest BCUT2D eigenvalue weighted by Gasteiger charge is -2.31. The van der Waals surface area contributed by atoms with E-state index in [9.17, 15) is 5.11 Å². The van der Waals surface area contributed by atoms with Gasteiger partial charge in [0.1, 0.15) is 12.6 Å². The highest BCUT2D eigenvalue weighted by Gasteiger charge is 2.21. The van der Waals surface area contributed by atoms with Crippen molar-refractivity contribution in [3.63, 3.8) is 0 Å². The molecular weight excluding hydrogens is 221 g/mol. The Kier molecular flexibility index (Phi) is 7.56. The van der Waals surface area contributed by atoms with E-state index in [1.165, 1.54) is 0 Å². The van der Waals surface area contributed by atoms with Crippen molar-refractivity contribution < 1.29 is 28.9 Å². The zero-order valence-electron chi connectivity index (χ0n) is 9.46. The first kappa shape index (κ1) is 15.2. The maximum atomic E-state index is 9.58. The molecule has 0 aliphatic rings. The Morgan fingerprint density at radius 2 is 2.00 bits per heavy atom. The van der Waals surface area contributed by atoms with E-state index >= 15 is 0 Å². The summed E-state index contributed by atoms with van der Waals surface area (Å²) in [6.45, 7) is 3.52. The number of hydrogen-bond donors (Lipinski definition) is 3. The van der Waals surface area contributed by atoms with Crippen LogP contribution < -0.4 is 0 Å². The normalized spacial score (nSPS) is 16.4. The van der Waals surface area contributed by atoms with Crippen molar-refractivity contribution >= 4 is 8.60 Å². The summed E-state index contributed by atoms with van der Waals surface area (Å²) in [5.41, 5.74) is 0. The van der Waals surface area contributed by atoms with Crippen LogP contribution in [0.4, 0.5) is 0 Å². The molecule has 0 amide bonds. The number of nitrogens with zero attached hydrogens (tertiary/aromatic N) is 1. The van der Waals surface area contributed by atoms with Gasteiger partial charge in [-0.25, -0.2) is 5.26 Å². The average molecular weight is 242 g/mol. The maximum absolute atomic E-state index is 9.58. The molecule has 92 valence electrons. The van der Waals surface area contributed by atoms with Gasteiger partial charge in [0, 0.05) is 0 Å². The molecule has 0 fully saturated rings. The molecule has 0 aliphatic heterocycles. The lowest BCUT2D eigenvalue weighted by Crippen LogP contribution is -2.46. The van der Waals surface area contributed by atoms with Gasteiger partial charge in [-0.05, 0) is 6.42 Å². The quantitative estimate of drug-likeness (QED) is 0.251. The average Bonchev–Trinajstić information content (AvgIpc) is 2.13. The molecule has 0 aromatic heterocycles. The number of rotatable bonds is 8. The number of hydrogen-bond acceptors (Lipinski definition) is 5. The minimum Gasteiger partial charge on any atom is -0.385 e. The van der Waals surface area contributed by atoms with Crippen LogP contribution in [0.25, 0.3) is 0 Å². The number of likely N-dealkylation sites (N-methyl/N-ethyl adjacent to an activating group) is 1. The summed E-state index contributed by atoms with van der Waals surface area (Å²) >= 11 is 0. The Hall–Kier alpha value is 0.190. The summed E-state index contributed by atoms with van der Waals surface area (Å²) in [5, 5.41) is 17.6. The SMILES string of the molecule is CCC[N+](C)(C)CC(O)COP(O)OO. The van der Waals surface area contributed by atoms with Crippen LogP contribution >= 0.6 is 8.60 Å². The molecule has 0 saturated heterocycles. The highest BCUT2D eigenvalue weighted by Crippen LogP contribution is 2.30. The third-order valence-corrected chi connectivity index (χ3v) is 2.49. The molecule has 0 radical (unpaired) electrons. The second kappa shape index (κ2) is 7.46. The van der Waals surface area contributed by atoms with Crippen molar-refractivity contribution in [1.29, 1.82) is 0 Å². The lowest BCUT2D eigenvalue weighted by molar-refractivity contribution is -0.893. The van der Waals surface area contributed by atoms with Gasteiger partial charge in [-0.2, -0.15) is 4.67 Å². The lowest BCUT2D eigenvalue weighted by atomic mass is 10.3. The van der Waals surface area contributed by atoms with Crippen LogP contribution in [0.3, 0.4) is 0 Å². The molecule has 0 aliphatic carbocycles. The van der Waals surface area contributed by atoms with Gasteiger partial charge in [-0.3, -0.25) is 0 Å². The fourth-order valence-corrected chi connectivity index (χ4v) is 1.84. The first-order valence-electron chi connectivity index (χ1n) is 4.85. The molecule has 7 heteroatoms. The van der Waals surface area contributed by atoms with Crippen LogP contribution in [0, 0.1) is 0 Å². The fourth-order valence-electron chi connectivity index (χ4n) is 1.49. The van der Waals surface area contributed by atoms with Crippen LogP contribution in [0.2, 0.25) is 0 Å². The molecule has 0 bridgehead atoms. The molecule has 2 atom stereocenters. The van der Waals surface area contributed by atoms with Crippen molar-refractivity contribution in [2.24, 2.45) is 0 Å². The van der Waals surface area contributed by atoms with Gasteiger partial charge in [0.25, 0.3) is 0 Å². The Bertz CT molecular complexity index is 169. The van der Waals surface area contributed by atoms with Crippen LogP contribution in [0.15, 0.2) is 0 Å². The molecule has 0 spiro atoms. The molecule has 0 saturated carbocycles. The molecule has 2 unspecified atom stereocenters. The predicted octanol–water partition coefficient (Wildman–Crippen LogP) is 0.559. The first-order chi connectivity index (χ1) is 6.91. The van der Waals surface area contributed by atoms with Gasteiger partial charge in [0.2, 0.25) is 0 Å². The van der Waals surface area contributed by atoms with Crippen LogP contribution in [0.1, 0.15) is 13.3 Å². The molecule has 0 aromatic carbocycles. The Balaban J connectivity index is 3.77. The Morgan fingerprint density at radius 1 is 1.40 bits per heavy atom. The first-order valence-corrected chi connectivity index (χ1v) is 5.98. The summed E-state index contributed by atoms with van der Waals surface area (Å²) in [5.74, 6) is 0. The zero-order chi connectivity index (χ0) is 11.9. The Labute approximate surface area is 91.6 Å². The van der Waals surface area contributed by atoms with E-state index in [-0.39, 0.29) is 6.61 Å². The second-order valence-electron chi connectivity index (χ2n) is 4.11. The molecule has 0 rings (SSSR count).